The zero-order valence-corrected chi connectivity index (χ0v) is 12.6. The molecule has 0 amide bonds. The average Bonchev–Trinajstić information content (AvgIpc) is 2.50. The van der Waals surface area contributed by atoms with Crippen molar-refractivity contribution in [1.29, 1.82) is 0 Å². The summed E-state index contributed by atoms with van der Waals surface area (Å²) in [6.45, 7) is 3.34. The van der Waals surface area contributed by atoms with E-state index in [1.54, 1.807) is 13.8 Å². The molecule has 2 aromatic carbocycles. The first-order valence-corrected chi connectivity index (χ1v) is 7.03. The van der Waals surface area contributed by atoms with Crippen LogP contribution >= 0.6 is 0 Å². The maximum Gasteiger partial charge on any atom is 0.136 e. The van der Waals surface area contributed by atoms with Crippen LogP contribution in [0.3, 0.4) is 0 Å². The molecule has 1 heterocycles. The van der Waals surface area contributed by atoms with Gasteiger partial charge in [0.1, 0.15) is 17.5 Å². The lowest BCUT2D eigenvalue weighted by Gasteiger charge is -2.15. The van der Waals surface area contributed by atoms with E-state index in [9.17, 15) is 13.2 Å². The lowest BCUT2D eigenvalue weighted by atomic mass is 9.92. The third-order valence-electron chi connectivity index (χ3n) is 3.64. The van der Waals surface area contributed by atoms with Crippen molar-refractivity contribution in [2.24, 2.45) is 0 Å². The van der Waals surface area contributed by atoms with Gasteiger partial charge in [0.05, 0.1) is 17.0 Å². The van der Waals surface area contributed by atoms with Crippen LogP contribution in [0, 0.1) is 31.3 Å². The molecule has 23 heavy (non-hydrogen) atoms. The Labute approximate surface area is 131 Å². The third kappa shape index (κ3) is 2.70. The summed E-state index contributed by atoms with van der Waals surface area (Å²) in [7, 11) is 0. The first kappa shape index (κ1) is 15.2. The first-order valence-electron chi connectivity index (χ1n) is 7.03. The van der Waals surface area contributed by atoms with Gasteiger partial charge >= 0.3 is 0 Å². The van der Waals surface area contributed by atoms with E-state index >= 15 is 0 Å². The van der Waals surface area contributed by atoms with Crippen molar-refractivity contribution in [3.05, 3.63) is 71.3 Å². The second kappa shape index (κ2) is 5.83. The van der Waals surface area contributed by atoms with Crippen molar-refractivity contribution in [1.82, 2.24) is 10.2 Å². The summed E-state index contributed by atoms with van der Waals surface area (Å²) in [6, 6.07) is 10.5. The molecule has 0 bridgehead atoms. The fraction of sp³-hybridized carbons (Fsp3) is 0.111. The number of nitrogens with zero attached hydrogens (tertiary/aromatic N) is 2. The van der Waals surface area contributed by atoms with Crippen molar-refractivity contribution in [2.75, 3.05) is 0 Å². The molecule has 0 atom stereocenters. The summed E-state index contributed by atoms with van der Waals surface area (Å²) in [5.41, 5.74) is 2.27. The smallest absolute Gasteiger partial charge is 0.136 e. The summed E-state index contributed by atoms with van der Waals surface area (Å²) < 4.78 is 41.8. The van der Waals surface area contributed by atoms with Gasteiger partial charge < -0.3 is 0 Å². The number of hydrogen-bond donors (Lipinski definition) is 0. The number of aromatic nitrogens is 2. The Kier molecular flexibility index (Phi) is 3.86. The van der Waals surface area contributed by atoms with E-state index in [0.29, 0.717) is 34.6 Å². The summed E-state index contributed by atoms with van der Waals surface area (Å²) >= 11 is 0. The SMILES string of the molecule is Cc1nnc(C)c(-c2c(F)cc(F)cc2F)c1-c1ccccc1. The molecule has 0 aliphatic carbocycles. The van der Waals surface area contributed by atoms with Crippen LogP contribution in [0.2, 0.25) is 0 Å². The van der Waals surface area contributed by atoms with E-state index in [1.165, 1.54) is 0 Å². The van der Waals surface area contributed by atoms with Gasteiger partial charge in [0, 0.05) is 23.3 Å². The minimum atomic E-state index is -0.963. The average molecular weight is 314 g/mol. The fourth-order valence-corrected chi connectivity index (χ4v) is 2.66. The van der Waals surface area contributed by atoms with Crippen LogP contribution in [-0.4, -0.2) is 10.2 Å². The summed E-state index contributed by atoms with van der Waals surface area (Å²) in [5, 5.41) is 8.02. The van der Waals surface area contributed by atoms with Crippen LogP contribution < -0.4 is 0 Å². The highest BCUT2D eigenvalue weighted by molar-refractivity contribution is 5.86. The molecule has 1 aromatic heterocycles. The van der Waals surface area contributed by atoms with E-state index in [2.05, 4.69) is 10.2 Å². The van der Waals surface area contributed by atoms with Gasteiger partial charge in [-0.15, -0.1) is 0 Å². The maximum atomic E-state index is 14.3. The summed E-state index contributed by atoms with van der Waals surface area (Å²) in [4.78, 5) is 0. The second-order valence-electron chi connectivity index (χ2n) is 5.23. The van der Waals surface area contributed by atoms with Crippen LogP contribution in [0.5, 0.6) is 0 Å². The van der Waals surface area contributed by atoms with Crippen LogP contribution in [0.15, 0.2) is 42.5 Å². The molecule has 0 aliphatic rings. The van der Waals surface area contributed by atoms with Crippen molar-refractivity contribution in [3.8, 4) is 22.3 Å². The Balaban J connectivity index is 2.40. The van der Waals surface area contributed by atoms with Gasteiger partial charge in [0.15, 0.2) is 0 Å². The van der Waals surface area contributed by atoms with Gasteiger partial charge in [-0.2, -0.15) is 10.2 Å². The molecule has 116 valence electrons. The molecule has 0 saturated heterocycles. The minimum absolute atomic E-state index is 0.290. The zero-order chi connectivity index (χ0) is 16.6. The quantitative estimate of drug-likeness (QED) is 0.676. The molecule has 0 aliphatic heterocycles. The fourth-order valence-electron chi connectivity index (χ4n) is 2.66. The topological polar surface area (TPSA) is 25.8 Å². The Morgan fingerprint density at radius 3 is 1.78 bits per heavy atom. The molecule has 0 fully saturated rings. The van der Waals surface area contributed by atoms with Gasteiger partial charge in [-0.3, -0.25) is 0 Å². The summed E-state index contributed by atoms with van der Waals surface area (Å²) in [5.74, 6) is -2.88. The van der Waals surface area contributed by atoms with E-state index in [1.807, 2.05) is 30.3 Å². The van der Waals surface area contributed by atoms with Crippen LogP contribution in [0.25, 0.3) is 22.3 Å². The Bertz CT molecular complexity index is 854. The molecule has 3 aromatic rings. The normalized spacial score (nSPS) is 10.8. The molecule has 0 N–H and O–H groups in total. The molecular weight excluding hydrogens is 301 g/mol. The Morgan fingerprint density at radius 1 is 0.696 bits per heavy atom. The number of rotatable bonds is 2. The molecule has 0 unspecified atom stereocenters. The third-order valence-corrected chi connectivity index (χ3v) is 3.64. The van der Waals surface area contributed by atoms with Crippen molar-refractivity contribution in [2.45, 2.75) is 13.8 Å². The highest BCUT2D eigenvalue weighted by Gasteiger charge is 2.22. The van der Waals surface area contributed by atoms with Crippen molar-refractivity contribution in [3.63, 3.8) is 0 Å². The van der Waals surface area contributed by atoms with Crippen LogP contribution in [-0.2, 0) is 0 Å². The van der Waals surface area contributed by atoms with Gasteiger partial charge in [0.25, 0.3) is 0 Å². The molecule has 5 heteroatoms. The largest absolute Gasteiger partial charge is 0.207 e. The molecule has 2 nitrogen and oxygen atoms in total. The number of halogens is 3. The minimum Gasteiger partial charge on any atom is -0.207 e. The molecule has 0 saturated carbocycles. The standard InChI is InChI=1S/C18H13F3N2/c1-10-16(12-6-4-3-5-7-12)17(11(2)23-22-10)18-14(20)8-13(19)9-15(18)21/h3-9H,1-2H3. The maximum absolute atomic E-state index is 14.3. The predicted molar refractivity (Wildman–Crippen MR) is 82.3 cm³/mol. The van der Waals surface area contributed by atoms with Gasteiger partial charge in [-0.05, 0) is 19.4 Å². The van der Waals surface area contributed by atoms with E-state index in [0.717, 1.165) is 5.56 Å². The molecule has 3 rings (SSSR count). The Morgan fingerprint density at radius 2 is 1.22 bits per heavy atom. The highest BCUT2D eigenvalue weighted by atomic mass is 19.1. The molecule has 0 spiro atoms. The monoisotopic (exact) mass is 314 g/mol. The van der Waals surface area contributed by atoms with Crippen molar-refractivity contribution >= 4 is 0 Å². The van der Waals surface area contributed by atoms with Gasteiger partial charge in [-0.1, -0.05) is 30.3 Å². The molecular formula is C18H13F3N2. The van der Waals surface area contributed by atoms with Gasteiger partial charge in [0.2, 0.25) is 0 Å². The van der Waals surface area contributed by atoms with Crippen molar-refractivity contribution < 1.29 is 13.2 Å². The second-order valence-corrected chi connectivity index (χ2v) is 5.23. The highest BCUT2D eigenvalue weighted by Crippen LogP contribution is 2.38. The lowest BCUT2D eigenvalue weighted by Crippen LogP contribution is -2.03. The van der Waals surface area contributed by atoms with E-state index < -0.39 is 17.5 Å². The lowest BCUT2D eigenvalue weighted by molar-refractivity contribution is 0.547. The first-order chi connectivity index (χ1) is 11.0. The number of hydrogen-bond acceptors (Lipinski definition) is 2. The zero-order valence-electron chi connectivity index (χ0n) is 12.6. The number of benzene rings is 2. The van der Waals surface area contributed by atoms with Gasteiger partial charge in [-0.25, -0.2) is 13.2 Å². The van der Waals surface area contributed by atoms with E-state index in [4.69, 9.17) is 0 Å². The number of aryl methyl sites for hydroxylation is 2. The summed E-state index contributed by atoms with van der Waals surface area (Å²) in [6.07, 6.45) is 0. The van der Waals surface area contributed by atoms with E-state index in [-0.39, 0.29) is 5.56 Å². The predicted octanol–water partition coefficient (Wildman–Crippen LogP) is 4.84. The van der Waals surface area contributed by atoms with Crippen LogP contribution in [0.1, 0.15) is 11.4 Å². The van der Waals surface area contributed by atoms with Crippen LogP contribution in [0.4, 0.5) is 13.2 Å². The molecule has 0 radical (unpaired) electrons. The Hall–Kier alpha value is -2.69.